The molecule has 2 saturated heterocycles. The largest absolute Gasteiger partial charge is 0.491 e. The Morgan fingerprint density at radius 3 is 2.61 bits per heavy atom. The van der Waals surface area contributed by atoms with Crippen LogP contribution in [0.5, 0.6) is 5.75 Å². The lowest BCUT2D eigenvalue weighted by Gasteiger charge is -2.38. The lowest BCUT2D eigenvalue weighted by atomic mass is 9.88. The number of hydrogen-bond donors (Lipinski definition) is 3. The van der Waals surface area contributed by atoms with E-state index in [9.17, 15) is 26.3 Å². The summed E-state index contributed by atoms with van der Waals surface area (Å²) in [6.45, 7) is 2.65. The molecule has 210 valence electrons. The summed E-state index contributed by atoms with van der Waals surface area (Å²) in [6.07, 6.45) is 0.814. The molecule has 2 aromatic rings. The number of aliphatic hydroxyl groups excluding tert-OH is 1. The normalized spacial score (nSPS) is 21.0. The first-order valence-electron chi connectivity index (χ1n) is 12.4. The number of piperidine rings is 1. The predicted octanol–water partition coefficient (Wildman–Crippen LogP) is 1.38. The molecule has 1 spiro atoms. The van der Waals surface area contributed by atoms with Gasteiger partial charge in [0, 0.05) is 31.7 Å². The van der Waals surface area contributed by atoms with Crippen molar-refractivity contribution in [2.75, 3.05) is 39.9 Å². The molecular weight excluding hydrogens is 537 g/mol. The molecule has 0 aromatic heterocycles. The van der Waals surface area contributed by atoms with Crippen LogP contribution in [0.25, 0.3) is 0 Å². The molecule has 0 amide bonds. The van der Waals surface area contributed by atoms with Gasteiger partial charge in [0.1, 0.15) is 29.2 Å². The highest BCUT2D eigenvalue weighted by Crippen LogP contribution is 2.37. The van der Waals surface area contributed by atoms with Gasteiger partial charge in [-0.05, 0) is 57.0 Å². The Kier molecular flexibility index (Phi) is 8.77. The fourth-order valence-corrected chi connectivity index (χ4v) is 7.16. The molecule has 2 heterocycles. The average molecular weight is 572 g/mol. The van der Waals surface area contributed by atoms with Crippen LogP contribution in [0.2, 0.25) is 0 Å². The van der Waals surface area contributed by atoms with Gasteiger partial charge in [-0.25, -0.2) is 25.9 Å². The molecule has 0 bridgehead atoms. The Morgan fingerprint density at radius 2 is 1.89 bits per heavy atom. The summed E-state index contributed by atoms with van der Waals surface area (Å²) in [5.74, 6) is -0.386. The summed E-state index contributed by atoms with van der Waals surface area (Å²) in [7, 11) is -6.20. The summed E-state index contributed by atoms with van der Waals surface area (Å²) in [4.78, 5) is -0.228. The van der Waals surface area contributed by atoms with Gasteiger partial charge in [0.15, 0.2) is 0 Å². The minimum absolute atomic E-state index is 0.0221. The molecule has 2 aliphatic rings. The van der Waals surface area contributed by atoms with Gasteiger partial charge in [-0.15, -0.1) is 0 Å². The van der Waals surface area contributed by atoms with Crippen LogP contribution in [-0.4, -0.2) is 83.9 Å². The number of sulfonamides is 2. The number of ether oxygens (including phenoxy) is 2. The molecule has 13 heteroatoms. The van der Waals surface area contributed by atoms with Gasteiger partial charge in [0.25, 0.3) is 0 Å². The van der Waals surface area contributed by atoms with Gasteiger partial charge in [-0.1, -0.05) is 18.2 Å². The van der Waals surface area contributed by atoms with Crippen LogP contribution >= 0.6 is 0 Å². The van der Waals surface area contributed by atoms with Crippen LogP contribution in [0.3, 0.4) is 0 Å². The maximum atomic E-state index is 14.5. The summed E-state index contributed by atoms with van der Waals surface area (Å²) in [5.41, 5.74) is -0.175. The van der Waals surface area contributed by atoms with Crippen molar-refractivity contribution >= 4 is 20.0 Å². The minimum atomic E-state index is -3.93. The van der Waals surface area contributed by atoms with Crippen LogP contribution in [-0.2, 0) is 24.8 Å². The third-order valence-corrected chi connectivity index (χ3v) is 10.4. The second-order valence-electron chi connectivity index (χ2n) is 9.74. The van der Waals surface area contributed by atoms with Crippen molar-refractivity contribution in [3.8, 4) is 5.75 Å². The van der Waals surface area contributed by atoms with E-state index in [-0.39, 0.29) is 47.6 Å². The predicted molar refractivity (Wildman–Crippen MR) is 138 cm³/mol. The number of halogens is 1. The highest BCUT2D eigenvalue weighted by Gasteiger charge is 2.45. The first-order valence-corrected chi connectivity index (χ1v) is 15.4. The lowest BCUT2D eigenvalue weighted by Crippen LogP contribution is -2.47. The highest BCUT2D eigenvalue weighted by atomic mass is 32.2. The Morgan fingerprint density at radius 1 is 1.18 bits per heavy atom. The number of nitrogens with one attached hydrogen (secondary N) is 2. The number of aryl methyl sites for hydroxylation is 1. The van der Waals surface area contributed by atoms with Gasteiger partial charge in [-0.2, -0.15) is 4.31 Å². The van der Waals surface area contributed by atoms with Gasteiger partial charge in [0.2, 0.25) is 20.0 Å². The van der Waals surface area contributed by atoms with E-state index in [2.05, 4.69) is 10.0 Å². The molecule has 0 radical (unpaired) electrons. The zero-order valence-corrected chi connectivity index (χ0v) is 23.0. The van der Waals surface area contributed by atoms with E-state index in [4.69, 9.17) is 9.47 Å². The van der Waals surface area contributed by atoms with E-state index >= 15 is 0 Å². The number of rotatable bonds is 10. The van der Waals surface area contributed by atoms with E-state index in [0.29, 0.717) is 31.6 Å². The van der Waals surface area contributed by atoms with Crippen molar-refractivity contribution in [2.24, 2.45) is 0 Å². The van der Waals surface area contributed by atoms with E-state index < -0.39 is 37.6 Å². The smallest absolute Gasteiger partial charge is 0.245 e. The topological polar surface area (TPSA) is 134 Å². The van der Waals surface area contributed by atoms with Gasteiger partial charge in [0.05, 0.1) is 17.1 Å². The van der Waals surface area contributed by atoms with E-state index in [1.807, 2.05) is 0 Å². The second-order valence-corrected chi connectivity index (χ2v) is 13.5. The second kappa shape index (κ2) is 11.5. The van der Waals surface area contributed by atoms with Crippen molar-refractivity contribution in [3.05, 3.63) is 53.8 Å². The summed E-state index contributed by atoms with van der Waals surface area (Å²) >= 11 is 0. The Bertz CT molecular complexity index is 1350. The maximum absolute atomic E-state index is 14.5. The number of benzene rings is 2. The van der Waals surface area contributed by atoms with Gasteiger partial charge in [-0.3, -0.25) is 0 Å². The molecule has 2 fully saturated rings. The SMILES string of the molecule is CNS(=O)(=O)c1cccc(OCC(O)CNC2COC3(CCN(S(=O)(=O)c4cccc(C)c4F)CC3)C2)c1. The Balaban J connectivity index is 1.24. The fourth-order valence-electron chi connectivity index (χ4n) is 4.82. The molecule has 2 atom stereocenters. The molecule has 2 aromatic carbocycles. The van der Waals surface area contributed by atoms with Gasteiger partial charge >= 0.3 is 0 Å². The molecule has 4 rings (SSSR count). The molecule has 38 heavy (non-hydrogen) atoms. The summed E-state index contributed by atoms with van der Waals surface area (Å²) in [6, 6.07) is 10.4. The third kappa shape index (κ3) is 6.36. The van der Waals surface area contributed by atoms with Crippen molar-refractivity contribution in [1.82, 2.24) is 14.3 Å². The zero-order valence-electron chi connectivity index (χ0n) is 21.4. The minimum Gasteiger partial charge on any atom is -0.491 e. The van der Waals surface area contributed by atoms with Gasteiger partial charge < -0.3 is 19.9 Å². The molecule has 0 saturated carbocycles. The molecule has 3 N–H and O–H groups in total. The monoisotopic (exact) mass is 571 g/mol. The standard InChI is InChI=1S/C25H34FN3O7S2/c1-18-5-3-8-23(24(18)26)38(33,34)29-11-9-25(10-12-29)14-19(16-36-25)28-15-20(30)17-35-21-6-4-7-22(13-21)37(31,32)27-2/h3-8,13,19-20,27-28,30H,9-12,14-17H2,1-2H3. The van der Waals surface area contributed by atoms with Crippen LogP contribution in [0, 0.1) is 12.7 Å². The summed E-state index contributed by atoms with van der Waals surface area (Å²) < 4.78 is 79.6. The number of hydrogen-bond acceptors (Lipinski definition) is 8. The van der Waals surface area contributed by atoms with E-state index in [1.54, 1.807) is 12.1 Å². The van der Waals surface area contributed by atoms with Crippen LogP contribution < -0.4 is 14.8 Å². The highest BCUT2D eigenvalue weighted by molar-refractivity contribution is 7.89. The molecule has 2 unspecified atom stereocenters. The molecule has 10 nitrogen and oxygen atoms in total. The van der Waals surface area contributed by atoms with Crippen molar-refractivity contribution in [3.63, 3.8) is 0 Å². The van der Waals surface area contributed by atoms with Crippen LogP contribution in [0.4, 0.5) is 4.39 Å². The molecule has 0 aliphatic carbocycles. The Hall–Kier alpha value is -2.13. The Labute approximate surface area is 223 Å². The van der Waals surface area contributed by atoms with Crippen LogP contribution in [0.15, 0.2) is 52.3 Å². The van der Waals surface area contributed by atoms with E-state index in [1.165, 1.54) is 48.6 Å². The number of nitrogens with zero attached hydrogens (tertiary/aromatic N) is 1. The zero-order chi connectivity index (χ0) is 27.6. The van der Waals surface area contributed by atoms with Crippen molar-refractivity contribution in [2.45, 2.75) is 53.7 Å². The summed E-state index contributed by atoms with van der Waals surface area (Å²) in [5, 5.41) is 13.6. The van der Waals surface area contributed by atoms with Crippen molar-refractivity contribution in [1.29, 1.82) is 0 Å². The lowest BCUT2D eigenvalue weighted by molar-refractivity contribution is -0.0312. The first kappa shape index (κ1) is 28.9. The first-order chi connectivity index (χ1) is 18.0. The quantitative estimate of drug-likeness (QED) is 0.390. The van der Waals surface area contributed by atoms with Crippen LogP contribution in [0.1, 0.15) is 24.8 Å². The van der Waals surface area contributed by atoms with E-state index in [0.717, 1.165) is 0 Å². The maximum Gasteiger partial charge on any atom is 0.245 e. The number of aliphatic hydroxyl groups is 1. The molecular formula is C25H34FN3O7S2. The average Bonchev–Trinajstić information content (AvgIpc) is 3.30. The fraction of sp³-hybridized carbons (Fsp3) is 0.520. The molecule has 2 aliphatic heterocycles. The van der Waals surface area contributed by atoms with Crippen molar-refractivity contribution < 1.29 is 35.8 Å². The third-order valence-electron chi connectivity index (χ3n) is 7.09.